The molecule has 9 heteroatoms. The SMILES string of the molecule is CCCCCCCC/C=C\CCCCCCCCNC(=O)CCC(=O)NCCCOCCOCCOCCCNC=O. The molecular weight excluding hydrogens is 534 g/mol. The molecule has 246 valence electrons. The van der Waals surface area contributed by atoms with Crippen molar-refractivity contribution in [3.63, 3.8) is 0 Å². The minimum atomic E-state index is -0.104. The lowest BCUT2D eigenvalue weighted by molar-refractivity contribution is -0.126. The molecular formula is C33H63N3O6. The van der Waals surface area contributed by atoms with Crippen molar-refractivity contribution >= 4 is 18.2 Å². The van der Waals surface area contributed by atoms with Crippen LogP contribution in [0.15, 0.2) is 12.2 Å². The molecule has 0 aliphatic rings. The van der Waals surface area contributed by atoms with Crippen molar-refractivity contribution in [2.45, 2.75) is 122 Å². The molecule has 0 radical (unpaired) electrons. The molecule has 3 amide bonds. The second kappa shape index (κ2) is 35.2. The molecule has 0 aromatic heterocycles. The van der Waals surface area contributed by atoms with Crippen molar-refractivity contribution in [2.75, 3.05) is 59.3 Å². The lowest BCUT2D eigenvalue weighted by Crippen LogP contribution is -2.29. The largest absolute Gasteiger partial charge is 0.379 e. The molecule has 0 unspecified atom stereocenters. The topological polar surface area (TPSA) is 115 Å². The van der Waals surface area contributed by atoms with Crippen LogP contribution >= 0.6 is 0 Å². The van der Waals surface area contributed by atoms with Crippen molar-refractivity contribution < 1.29 is 28.6 Å². The van der Waals surface area contributed by atoms with Gasteiger partial charge in [-0.3, -0.25) is 14.4 Å². The molecule has 0 rings (SSSR count). The van der Waals surface area contributed by atoms with Gasteiger partial charge in [-0.15, -0.1) is 0 Å². The maximum absolute atomic E-state index is 12.0. The van der Waals surface area contributed by atoms with Crippen LogP contribution in [0.25, 0.3) is 0 Å². The van der Waals surface area contributed by atoms with Crippen LogP contribution in [0.4, 0.5) is 0 Å². The summed E-state index contributed by atoms with van der Waals surface area (Å²) in [4.78, 5) is 34.0. The standard InChI is InChI=1S/C33H63N3O6/c1-2-3-4-5-6-7-8-9-10-11-12-13-14-15-16-17-23-35-32(38)20-21-33(39)36-24-19-26-41-28-30-42-29-27-40-25-18-22-34-31-37/h9-10,31H,2-8,11-30H2,1H3,(H,34,37)(H,35,38)(H,36,39)/b10-9-. The Kier molecular flexibility index (Phi) is 33.6. The maximum Gasteiger partial charge on any atom is 0.220 e. The molecule has 3 N–H and O–H groups in total. The van der Waals surface area contributed by atoms with Gasteiger partial charge in [-0.25, -0.2) is 0 Å². The van der Waals surface area contributed by atoms with Crippen molar-refractivity contribution in [3.05, 3.63) is 12.2 Å². The quantitative estimate of drug-likeness (QED) is 0.0505. The van der Waals surface area contributed by atoms with E-state index in [2.05, 4.69) is 35.0 Å². The molecule has 0 aliphatic heterocycles. The van der Waals surface area contributed by atoms with Crippen molar-refractivity contribution in [1.29, 1.82) is 0 Å². The van der Waals surface area contributed by atoms with E-state index in [0.29, 0.717) is 72.1 Å². The summed E-state index contributed by atoms with van der Waals surface area (Å²) in [5.74, 6) is -0.158. The summed E-state index contributed by atoms with van der Waals surface area (Å²) in [6, 6.07) is 0. The van der Waals surface area contributed by atoms with E-state index in [1.165, 1.54) is 77.0 Å². The number of ether oxygens (including phenoxy) is 3. The van der Waals surface area contributed by atoms with Gasteiger partial charge in [0.2, 0.25) is 18.2 Å². The van der Waals surface area contributed by atoms with E-state index in [-0.39, 0.29) is 24.7 Å². The van der Waals surface area contributed by atoms with Crippen LogP contribution in [0, 0.1) is 0 Å². The lowest BCUT2D eigenvalue weighted by Gasteiger charge is -2.08. The first-order valence-electron chi connectivity index (χ1n) is 16.8. The summed E-state index contributed by atoms with van der Waals surface area (Å²) in [5, 5.41) is 8.34. The monoisotopic (exact) mass is 597 g/mol. The van der Waals surface area contributed by atoms with Gasteiger partial charge in [0.15, 0.2) is 0 Å². The van der Waals surface area contributed by atoms with Crippen molar-refractivity contribution in [1.82, 2.24) is 16.0 Å². The molecule has 0 saturated carbocycles. The molecule has 0 aliphatic carbocycles. The zero-order chi connectivity index (χ0) is 30.6. The summed E-state index contributed by atoms with van der Waals surface area (Å²) >= 11 is 0. The van der Waals surface area contributed by atoms with Crippen LogP contribution in [0.1, 0.15) is 122 Å². The van der Waals surface area contributed by atoms with Gasteiger partial charge in [0, 0.05) is 45.7 Å². The summed E-state index contributed by atoms with van der Waals surface area (Å²) in [7, 11) is 0. The Morgan fingerprint density at radius 3 is 1.48 bits per heavy atom. The summed E-state index contributed by atoms with van der Waals surface area (Å²) in [6.07, 6.45) is 25.1. The van der Waals surface area contributed by atoms with Crippen LogP contribution in [0.3, 0.4) is 0 Å². The fourth-order valence-electron chi connectivity index (χ4n) is 4.28. The second-order valence-corrected chi connectivity index (χ2v) is 10.8. The van der Waals surface area contributed by atoms with Crippen molar-refractivity contribution in [3.8, 4) is 0 Å². The third-order valence-corrected chi connectivity index (χ3v) is 6.81. The first kappa shape index (κ1) is 40.0. The number of rotatable bonds is 34. The van der Waals surface area contributed by atoms with Gasteiger partial charge in [-0.2, -0.15) is 0 Å². The predicted octanol–water partition coefficient (Wildman–Crippen LogP) is 5.61. The zero-order valence-corrected chi connectivity index (χ0v) is 26.8. The van der Waals surface area contributed by atoms with E-state index in [1.807, 2.05) is 0 Å². The third-order valence-electron chi connectivity index (χ3n) is 6.81. The Bertz CT molecular complexity index is 633. The van der Waals surface area contributed by atoms with Gasteiger partial charge in [-0.05, 0) is 44.9 Å². The first-order chi connectivity index (χ1) is 20.7. The molecule has 0 bridgehead atoms. The average Bonchev–Trinajstić information content (AvgIpc) is 2.99. The second-order valence-electron chi connectivity index (χ2n) is 10.8. The normalized spacial score (nSPS) is 11.2. The Morgan fingerprint density at radius 1 is 0.524 bits per heavy atom. The van der Waals surface area contributed by atoms with Crippen LogP contribution in [0.5, 0.6) is 0 Å². The number of carbonyl (C=O) groups is 3. The molecule has 0 heterocycles. The molecule has 42 heavy (non-hydrogen) atoms. The Labute approximate surface area is 256 Å². The minimum absolute atomic E-state index is 0.0541. The highest BCUT2D eigenvalue weighted by atomic mass is 16.5. The predicted molar refractivity (Wildman–Crippen MR) is 170 cm³/mol. The molecule has 0 fully saturated rings. The van der Waals surface area contributed by atoms with Gasteiger partial charge in [0.1, 0.15) is 0 Å². The van der Waals surface area contributed by atoms with E-state index in [0.717, 1.165) is 19.3 Å². The highest BCUT2D eigenvalue weighted by Crippen LogP contribution is 2.09. The number of amides is 3. The summed E-state index contributed by atoms with van der Waals surface area (Å²) < 4.78 is 16.3. The Hall–Kier alpha value is -1.97. The minimum Gasteiger partial charge on any atom is -0.379 e. The van der Waals surface area contributed by atoms with E-state index in [1.54, 1.807) is 0 Å². The fourth-order valence-corrected chi connectivity index (χ4v) is 4.28. The molecule has 9 nitrogen and oxygen atoms in total. The van der Waals surface area contributed by atoms with E-state index >= 15 is 0 Å². The number of hydrogen-bond donors (Lipinski definition) is 3. The highest BCUT2D eigenvalue weighted by molar-refractivity contribution is 5.83. The van der Waals surface area contributed by atoms with Crippen LogP contribution in [-0.4, -0.2) is 77.5 Å². The highest BCUT2D eigenvalue weighted by Gasteiger charge is 2.06. The Balaban J connectivity index is 3.31. The van der Waals surface area contributed by atoms with Crippen LogP contribution < -0.4 is 16.0 Å². The first-order valence-corrected chi connectivity index (χ1v) is 16.8. The van der Waals surface area contributed by atoms with Gasteiger partial charge in [0.05, 0.1) is 26.4 Å². The molecule has 0 aromatic carbocycles. The molecule has 0 saturated heterocycles. The number of unbranched alkanes of at least 4 members (excludes halogenated alkanes) is 12. The lowest BCUT2D eigenvalue weighted by atomic mass is 10.1. The molecule has 0 spiro atoms. The molecule has 0 atom stereocenters. The molecule has 0 aromatic rings. The number of hydrogen-bond acceptors (Lipinski definition) is 6. The van der Waals surface area contributed by atoms with Crippen molar-refractivity contribution in [2.24, 2.45) is 0 Å². The van der Waals surface area contributed by atoms with Gasteiger partial charge in [0.25, 0.3) is 0 Å². The van der Waals surface area contributed by atoms with E-state index in [9.17, 15) is 14.4 Å². The van der Waals surface area contributed by atoms with Gasteiger partial charge in [-0.1, -0.05) is 76.9 Å². The maximum atomic E-state index is 12.0. The average molecular weight is 598 g/mol. The third kappa shape index (κ3) is 34.2. The Morgan fingerprint density at radius 2 is 0.952 bits per heavy atom. The zero-order valence-electron chi connectivity index (χ0n) is 26.8. The van der Waals surface area contributed by atoms with Gasteiger partial charge >= 0.3 is 0 Å². The number of allylic oxidation sites excluding steroid dienone is 2. The van der Waals surface area contributed by atoms with E-state index in [4.69, 9.17) is 14.2 Å². The summed E-state index contributed by atoms with van der Waals surface area (Å²) in [6.45, 7) is 7.25. The van der Waals surface area contributed by atoms with E-state index < -0.39 is 0 Å². The van der Waals surface area contributed by atoms with Crippen LogP contribution in [0.2, 0.25) is 0 Å². The fraction of sp³-hybridized carbons (Fsp3) is 0.848. The number of nitrogens with one attached hydrogen (secondary N) is 3. The van der Waals surface area contributed by atoms with Gasteiger partial charge < -0.3 is 30.2 Å². The summed E-state index contributed by atoms with van der Waals surface area (Å²) in [5.41, 5.74) is 0. The number of carbonyl (C=O) groups excluding carboxylic acids is 3. The van der Waals surface area contributed by atoms with Crippen LogP contribution in [-0.2, 0) is 28.6 Å². The smallest absolute Gasteiger partial charge is 0.220 e.